The number of hydrogen-bond donors (Lipinski definition) is 1. The highest BCUT2D eigenvalue weighted by Crippen LogP contribution is 2.53. The molecule has 0 bridgehead atoms. The van der Waals surface area contributed by atoms with Gasteiger partial charge in [0.2, 0.25) is 0 Å². The molecule has 4 rings (SSSR count). The number of fused-ring (bicyclic) bond motifs is 3. The molecule has 0 radical (unpaired) electrons. The van der Waals surface area contributed by atoms with Gasteiger partial charge in [0.1, 0.15) is 17.5 Å². The molecule has 1 N–H and O–H groups in total. The lowest BCUT2D eigenvalue weighted by atomic mass is 9.81. The summed E-state index contributed by atoms with van der Waals surface area (Å²) in [6.45, 7) is 9.48. The SMILES string of the molecule is CC(C)(C)OC(=O)N1c2ccc(O)cc2[C@]2(C)CCN(Cc3ccccc3)C12. The fraction of sp³-hybridized carbons (Fsp3) is 0.435. The van der Waals surface area contributed by atoms with Gasteiger partial charge in [-0.3, -0.25) is 9.80 Å². The molecule has 2 atom stereocenters. The lowest BCUT2D eigenvalue weighted by molar-refractivity contribution is 0.0515. The zero-order valence-corrected chi connectivity index (χ0v) is 17.0. The molecule has 0 saturated carbocycles. The molecule has 2 heterocycles. The summed E-state index contributed by atoms with van der Waals surface area (Å²) in [5.74, 6) is 0.228. The summed E-state index contributed by atoms with van der Waals surface area (Å²) < 4.78 is 5.76. The van der Waals surface area contributed by atoms with Crippen molar-refractivity contribution < 1.29 is 14.6 Å². The van der Waals surface area contributed by atoms with Crippen molar-refractivity contribution in [2.45, 2.75) is 57.8 Å². The van der Waals surface area contributed by atoms with Gasteiger partial charge in [0.15, 0.2) is 0 Å². The third kappa shape index (κ3) is 3.14. The first kappa shape index (κ1) is 18.8. The van der Waals surface area contributed by atoms with Crippen molar-refractivity contribution in [1.29, 1.82) is 0 Å². The first-order valence-corrected chi connectivity index (χ1v) is 9.83. The zero-order valence-electron chi connectivity index (χ0n) is 17.0. The zero-order chi connectivity index (χ0) is 20.1. The van der Waals surface area contributed by atoms with E-state index in [0.29, 0.717) is 0 Å². The third-order valence-electron chi connectivity index (χ3n) is 5.75. The van der Waals surface area contributed by atoms with E-state index in [1.165, 1.54) is 5.56 Å². The second-order valence-electron chi connectivity index (χ2n) is 9.05. The van der Waals surface area contributed by atoms with E-state index >= 15 is 0 Å². The summed E-state index contributed by atoms with van der Waals surface area (Å²) in [5.41, 5.74) is 2.24. The molecule has 1 fully saturated rings. The van der Waals surface area contributed by atoms with Crippen LogP contribution in [0.2, 0.25) is 0 Å². The number of anilines is 1. The van der Waals surface area contributed by atoms with Gasteiger partial charge >= 0.3 is 6.09 Å². The van der Waals surface area contributed by atoms with E-state index in [9.17, 15) is 9.90 Å². The maximum atomic E-state index is 13.2. The van der Waals surface area contributed by atoms with Crippen molar-refractivity contribution in [2.75, 3.05) is 11.4 Å². The Hall–Kier alpha value is -2.53. The van der Waals surface area contributed by atoms with Crippen molar-refractivity contribution in [3.05, 3.63) is 59.7 Å². The Labute approximate surface area is 166 Å². The molecule has 148 valence electrons. The van der Waals surface area contributed by atoms with Gasteiger partial charge in [-0.05, 0) is 56.5 Å². The average Bonchev–Trinajstić information content (AvgIpc) is 3.06. The van der Waals surface area contributed by atoms with Gasteiger partial charge in [0.25, 0.3) is 0 Å². The smallest absolute Gasteiger partial charge is 0.416 e. The Balaban J connectivity index is 1.75. The first-order chi connectivity index (χ1) is 13.2. The van der Waals surface area contributed by atoms with Crippen LogP contribution in [0.15, 0.2) is 48.5 Å². The normalized spacial score (nSPS) is 24.1. The third-order valence-corrected chi connectivity index (χ3v) is 5.75. The van der Waals surface area contributed by atoms with E-state index < -0.39 is 5.60 Å². The van der Waals surface area contributed by atoms with Crippen molar-refractivity contribution in [2.24, 2.45) is 0 Å². The van der Waals surface area contributed by atoms with E-state index in [-0.39, 0.29) is 23.4 Å². The second kappa shape index (κ2) is 6.52. The van der Waals surface area contributed by atoms with Crippen molar-refractivity contribution >= 4 is 11.8 Å². The maximum Gasteiger partial charge on any atom is 0.416 e. The number of benzene rings is 2. The molecule has 0 aliphatic carbocycles. The van der Waals surface area contributed by atoms with Crippen LogP contribution in [-0.4, -0.2) is 34.4 Å². The maximum absolute atomic E-state index is 13.2. The molecular weight excluding hydrogens is 352 g/mol. The molecule has 5 heteroatoms. The number of aromatic hydroxyl groups is 1. The van der Waals surface area contributed by atoms with Gasteiger partial charge in [-0.15, -0.1) is 0 Å². The number of nitrogens with zero attached hydrogens (tertiary/aromatic N) is 2. The Morgan fingerprint density at radius 3 is 2.61 bits per heavy atom. The van der Waals surface area contributed by atoms with Gasteiger partial charge in [-0.2, -0.15) is 0 Å². The lowest BCUT2D eigenvalue weighted by Crippen LogP contribution is -2.52. The van der Waals surface area contributed by atoms with E-state index in [4.69, 9.17) is 4.74 Å². The Kier molecular flexibility index (Phi) is 4.38. The largest absolute Gasteiger partial charge is 0.508 e. The minimum atomic E-state index is -0.573. The molecule has 2 aliphatic rings. The van der Waals surface area contributed by atoms with Crippen molar-refractivity contribution in [3.63, 3.8) is 0 Å². The second-order valence-corrected chi connectivity index (χ2v) is 9.05. The lowest BCUT2D eigenvalue weighted by Gasteiger charge is -2.36. The van der Waals surface area contributed by atoms with Gasteiger partial charge in [0.05, 0.1) is 5.69 Å². The Morgan fingerprint density at radius 1 is 1.21 bits per heavy atom. The topological polar surface area (TPSA) is 53.0 Å². The monoisotopic (exact) mass is 380 g/mol. The number of carbonyl (C=O) groups is 1. The molecule has 1 saturated heterocycles. The molecule has 2 aromatic carbocycles. The van der Waals surface area contributed by atoms with Crippen LogP contribution in [0.5, 0.6) is 5.75 Å². The molecule has 2 aromatic rings. The first-order valence-electron chi connectivity index (χ1n) is 9.83. The fourth-order valence-corrected chi connectivity index (χ4v) is 4.57. The van der Waals surface area contributed by atoms with Crippen LogP contribution in [0, 0.1) is 0 Å². The van der Waals surface area contributed by atoms with Crippen LogP contribution in [-0.2, 0) is 16.7 Å². The quantitative estimate of drug-likeness (QED) is 0.825. The number of hydrogen-bond acceptors (Lipinski definition) is 4. The van der Waals surface area contributed by atoms with Crippen LogP contribution in [0.4, 0.5) is 10.5 Å². The summed E-state index contributed by atoms with van der Waals surface area (Å²) in [7, 11) is 0. The number of ether oxygens (including phenoxy) is 1. The van der Waals surface area contributed by atoms with Crippen LogP contribution in [0.3, 0.4) is 0 Å². The van der Waals surface area contributed by atoms with E-state index in [0.717, 1.165) is 30.8 Å². The highest BCUT2D eigenvalue weighted by Gasteiger charge is 2.57. The minimum Gasteiger partial charge on any atom is -0.508 e. The van der Waals surface area contributed by atoms with Crippen LogP contribution in [0.1, 0.15) is 45.2 Å². The molecule has 0 aromatic heterocycles. The van der Waals surface area contributed by atoms with Gasteiger partial charge in [0, 0.05) is 18.5 Å². The Bertz CT molecular complexity index is 890. The summed E-state index contributed by atoms with van der Waals surface area (Å²) >= 11 is 0. The number of phenols is 1. The number of carbonyl (C=O) groups excluding carboxylic acids is 1. The summed E-state index contributed by atoms with van der Waals surface area (Å²) in [6.07, 6.45) is 0.438. The minimum absolute atomic E-state index is 0.139. The van der Waals surface area contributed by atoms with Gasteiger partial charge < -0.3 is 9.84 Å². The highest BCUT2D eigenvalue weighted by molar-refractivity contribution is 5.93. The predicted molar refractivity (Wildman–Crippen MR) is 109 cm³/mol. The van der Waals surface area contributed by atoms with E-state index in [1.54, 1.807) is 17.0 Å². The number of likely N-dealkylation sites (tertiary alicyclic amines) is 1. The molecular formula is C23H28N2O3. The molecule has 2 aliphatic heterocycles. The molecule has 0 spiro atoms. The summed E-state index contributed by atoms with van der Waals surface area (Å²) in [5, 5.41) is 10.1. The molecule has 1 unspecified atom stereocenters. The van der Waals surface area contributed by atoms with Crippen LogP contribution >= 0.6 is 0 Å². The highest BCUT2D eigenvalue weighted by atomic mass is 16.6. The molecule has 1 amide bonds. The van der Waals surface area contributed by atoms with E-state index in [1.807, 2.05) is 45.0 Å². The number of rotatable bonds is 2. The van der Waals surface area contributed by atoms with E-state index in [2.05, 4.69) is 24.0 Å². The summed E-state index contributed by atoms with van der Waals surface area (Å²) in [4.78, 5) is 17.3. The van der Waals surface area contributed by atoms with Gasteiger partial charge in [-0.25, -0.2) is 4.79 Å². The Morgan fingerprint density at radius 2 is 1.93 bits per heavy atom. The number of phenolic OH excluding ortho intramolecular Hbond substituents is 1. The molecule has 28 heavy (non-hydrogen) atoms. The van der Waals surface area contributed by atoms with Crippen LogP contribution in [0.25, 0.3) is 0 Å². The standard InChI is InChI=1S/C23H28N2O3/c1-22(2,3)28-21(27)25-19-11-10-17(26)14-18(19)23(4)12-13-24(20(23)25)15-16-8-6-5-7-9-16/h5-11,14,20,26H,12-13,15H2,1-4H3/t20?,23-/m0/s1. The van der Waals surface area contributed by atoms with Gasteiger partial charge in [-0.1, -0.05) is 37.3 Å². The summed E-state index contributed by atoms with van der Waals surface area (Å²) in [6, 6.07) is 15.6. The average molecular weight is 380 g/mol. The predicted octanol–water partition coefficient (Wildman–Crippen LogP) is 4.64. The van der Waals surface area contributed by atoms with Crippen molar-refractivity contribution in [1.82, 2.24) is 4.90 Å². The van der Waals surface area contributed by atoms with Crippen LogP contribution < -0.4 is 4.90 Å². The van der Waals surface area contributed by atoms with Crippen molar-refractivity contribution in [3.8, 4) is 5.75 Å². The molecule has 5 nitrogen and oxygen atoms in total. The number of amides is 1. The fourth-order valence-electron chi connectivity index (χ4n) is 4.57.